The SMILES string of the molecule is CO[C@H]1CCC2(C1)CN(c1ccc(Cl)c(F)c1)c1ccc(Br)nc12. The number of anilines is 2. The van der Waals surface area contributed by atoms with Crippen LogP contribution in [0.3, 0.4) is 0 Å². The van der Waals surface area contributed by atoms with E-state index in [9.17, 15) is 4.39 Å². The van der Waals surface area contributed by atoms with Crippen LogP contribution < -0.4 is 4.90 Å². The average molecular weight is 412 g/mol. The molecule has 1 aromatic carbocycles. The van der Waals surface area contributed by atoms with Gasteiger partial charge in [-0.2, -0.15) is 0 Å². The first kappa shape index (κ1) is 16.3. The molecular formula is C18H17BrClFN2O. The Labute approximate surface area is 153 Å². The molecule has 2 aliphatic rings. The van der Waals surface area contributed by atoms with Crippen molar-refractivity contribution >= 4 is 38.9 Å². The zero-order valence-electron chi connectivity index (χ0n) is 13.2. The van der Waals surface area contributed by atoms with Crippen molar-refractivity contribution in [2.45, 2.75) is 30.8 Å². The zero-order valence-corrected chi connectivity index (χ0v) is 15.6. The first-order valence-electron chi connectivity index (χ1n) is 7.95. The lowest BCUT2D eigenvalue weighted by Crippen LogP contribution is -2.30. The van der Waals surface area contributed by atoms with E-state index < -0.39 is 5.82 Å². The lowest BCUT2D eigenvalue weighted by atomic mass is 9.84. The molecule has 2 atom stereocenters. The number of nitrogens with zero attached hydrogens (tertiary/aromatic N) is 2. The summed E-state index contributed by atoms with van der Waals surface area (Å²) in [5.74, 6) is -0.400. The number of rotatable bonds is 2. The highest BCUT2D eigenvalue weighted by atomic mass is 79.9. The molecule has 1 unspecified atom stereocenters. The van der Waals surface area contributed by atoms with Gasteiger partial charge in [0.1, 0.15) is 10.4 Å². The van der Waals surface area contributed by atoms with Crippen LogP contribution in [0.25, 0.3) is 0 Å². The van der Waals surface area contributed by atoms with Crippen molar-refractivity contribution < 1.29 is 9.13 Å². The van der Waals surface area contributed by atoms with Gasteiger partial charge in [0.25, 0.3) is 0 Å². The Hall–Kier alpha value is -1.17. The van der Waals surface area contributed by atoms with E-state index in [-0.39, 0.29) is 16.5 Å². The van der Waals surface area contributed by atoms with Crippen LogP contribution in [0, 0.1) is 5.82 Å². The van der Waals surface area contributed by atoms with E-state index >= 15 is 0 Å². The van der Waals surface area contributed by atoms with Crippen LogP contribution in [0.15, 0.2) is 34.9 Å². The minimum absolute atomic E-state index is 0.0457. The molecule has 1 aromatic heterocycles. The molecule has 0 saturated heterocycles. The summed E-state index contributed by atoms with van der Waals surface area (Å²) in [4.78, 5) is 6.92. The molecule has 1 fully saturated rings. The Morgan fingerprint density at radius 1 is 1.38 bits per heavy atom. The molecule has 2 heterocycles. The zero-order chi connectivity index (χ0) is 16.9. The third kappa shape index (κ3) is 2.54. The van der Waals surface area contributed by atoms with Crippen molar-refractivity contribution in [3.63, 3.8) is 0 Å². The normalized spacial score (nSPS) is 25.5. The maximum atomic E-state index is 14.0. The Bertz CT molecular complexity index is 803. The van der Waals surface area contributed by atoms with Gasteiger partial charge in [-0.1, -0.05) is 11.6 Å². The van der Waals surface area contributed by atoms with Crippen molar-refractivity contribution in [2.24, 2.45) is 0 Å². The molecule has 1 spiro atoms. The molecule has 1 aliphatic carbocycles. The second kappa shape index (κ2) is 5.97. The van der Waals surface area contributed by atoms with E-state index in [1.54, 1.807) is 13.2 Å². The Kier molecular flexibility index (Phi) is 4.06. The number of ether oxygens (including phenoxy) is 1. The van der Waals surface area contributed by atoms with Gasteiger partial charge in [-0.25, -0.2) is 9.37 Å². The fourth-order valence-corrected chi connectivity index (χ4v) is 4.45. The molecule has 0 radical (unpaired) electrons. The van der Waals surface area contributed by atoms with E-state index in [0.717, 1.165) is 47.5 Å². The summed E-state index contributed by atoms with van der Waals surface area (Å²) in [5.41, 5.74) is 2.87. The van der Waals surface area contributed by atoms with E-state index in [2.05, 4.69) is 20.8 Å². The van der Waals surface area contributed by atoms with Crippen molar-refractivity contribution in [3.8, 4) is 0 Å². The van der Waals surface area contributed by atoms with Gasteiger partial charge >= 0.3 is 0 Å². The smallest absolute Gasteiger partial charge is 0.143 e. The number of halogens is 3. The van der Waals surface area contributed by atoms with E-state index in [1.165, 1.54) is 6.07 Å². The van der Waals surface area contributed by atoms with Crippen LogP contribution >= 0.6 is 27.5 Å². The highest BCUT2D eigenvalue weighted by Crippen LogP contribution is 2.52. The number of fused-ring (bicyclic) bond motifs is 2. The number of hydrogen-bond donors (Lipinski definition) is 0. The molecule has 6 heteroatoms. The van der Waals surface area contributed by atoms with E-state index in [0.29, 0.717) is 0 Å². The summed E-state index contributed by atoms with van der Waals surface area (Å²) in [5, 5.41) is 0.141. The Morgan fingerprint density at radius 2 is 2.21 bits per heavy atom. The molecule has 2 aromatic rings. The molecule has 126 valence electrons. The van der Waals surface area contributed by atoms with Crippen LogP contribution in [0.2, 0.25) is 5.02 Å². The first-order valence-corrected chi connectivity index (χ1v) is 9.12. The highest BCUT2D eigenvalue weighted by Gasteiger charge is 2.49. The molecule has 0 bridgehead atoms. The molecule has 1 aliphatic heterocycles. The van der Waals surface area contributed by atoms with Crippen LogP contribution in [0.5, 0.6) is 0 Å². The van der Waals surface area contributed by atoms with Crippen LogP contribution in [-0.2, 0) is 10.2 Å². The minimum Gasteiger partial charge on any atom is -0.381 e. The topological polar surface area (TPSA) is 25.4 Å². The van der Waals surface area contributed by atoms with E-state index in [1.807, 2.05) is 18.2 Å². The minimum atomic E-state index is -0.400. The summed E-state index contributed by atoms with van der Waals surface area (Å²) in [6.45, 7) is 0.784. The summed E-state index contributed by atoms with van der Waals surface area (Å²) in [6, 6.07) is 8.94. The van der Waals surface area contributed by atoms with Gasteiger partial charge in [0.15, 0.2) is 0 Å². The lowest BCUT2D eigenvalue weighted by Gasteiger charge is -2.25. The van der Waals surface area contributed by atoms with Crippen molar-refractivity contribution in [1.82, 2.24) is 4.98 Å². The van der Waals surface area contributed by atoms with Gasteiger partial charge in [0.05, 0.1) is 22.5 Å². The summed E-state index contributed by atoms with van der Waals surface area (Å²) in [6.07, 6.45) is 3.23. The fourth-order valence-electron chi connectivity index (χ4n) is 4.02. The number of pyridine rings is 1. The second-order valence-corrected chi connectivity index (χ2v) is 7.79. The predicted octanol–water partition coefficient (Wildman–Crippen LogP) is 5.23. The van der Waals surface area contributed by atoms with Gasteiger partial charge in [-0.15, -0.1) is 0 Å². The third-order valence-electron chi connectivity index (χ3n) is 5.21. The highest BCUT2D eigenvalue weighted by molar-refractivity contribution is 9.10. The third-order valence-corrected chi connectivity index (χ3v) is 5.95. The lowest BCUT2D eigenvalue weighted by molar-refractivity contribution is 0.103. The maximum Gasteiger partial charge on any atom is 0.143 e. The number of benzene rings is 1. The standard InChI is InChI=1S/C18H17BrClFN2O/c1-24-12-6-7-18(9-12)10-23(11-2-3-13(20)14(21)8-11)15-4-5-16(19)22-17(15)18/h2-5,8,12H,6-7,9-10H2,1H3/t12-,18?/m0/s1. The van der Waals surface area contributed by atoms with Gasteiger partial charge in [-0.3, -0.25) is 0 Å². The summed E-state index contributed by atoms with van der Waals surface area (Å²) >= 11 is 9.32. The monoisotopic (exact) mass is 410 g/mol. The van der Waals surface area contributed by atoms with Crippen molar-refractivity contribution in [1.29, 1.82) is 0 Å². The van der Waals surface area contributed by atoms with Crippen molar-refractivity contribution in [2.75, 3.05) is 18.6 Å². The molecular weight excluding hydrogens is 395 g/mol. The molecule has 24 heavy (non-hydrogen) atoms. The average Bonchev–Trinajstić information content (AvgIpc) is 3.13. The fraction of sp³-hybridized carbons (Fsp3) is 0.389. The quantitative estimate of drug-likeness (QED) is 0.633. The molecule has 0 amide bonds. The van der Waals surface area contributed by atoms with Gasteiger partial charge in [0.2, 0.25) is 0 Å². The van der Waals surface area contributed by atoms with Crippen molar-refractivity contribution in [3.05, 3.63) is 51.5 Å². The van der Waals surface area contributed by atoms with Crippen LogP contribution in [0.1, 0.15) is 25.0 Å². The summed E-state index contributed by atoms with van der Waals surface area (Å²) in [7, 11) is 1.76. The first-order chi connectivity index (χ1) is 11.5. The predicted molar refractivity (Wildman–Crippen MR) is 96.7 cm³/mol. The van der Waals surface area contributed by atoms with Crippen LogP contribution in [-0.4, -0.2) is 24.7 Å². The van der Waals surface area contributed by atoms with Gasteiger partial charge in [0, 0.05) is 24.8 Å². The Balaban J connectivity index is 1.80. The molecule has 0 N–H and O–H groups in total. The molecule has 3 nitrogen and oxygen atoms in total. The number of hydrogen-bond acceptors (Lipinski definition) is 3. The molecule has 4 rings (SSSR count). The van der Waals surface area contributed by atoms with Gasteiger partial charge < -0.3 is 9.64 Å². The Morgan fingerprint density at radius 3 is 2.92 bits per heavy atom. The van der Waals surface area contributed by atoms with Gasteiger partial charge in [-0.05, 0) is 65.5 Å². The maximum absolute atomic E-state index is 14.0. The number of methoxy groups -OCH3 is 1. The van der Waals surface area contributed by atoms with Crippen LogP contribution in [0.4, 0.5) is 15.8 Å². The molecule has 1 saturated carbocycles. The van der Waals surface area contributed by atoms with E-state index in [4.69, 9.17) is 21.3 Å². The largest absolute Gasteiger partial charge is 0.381 e. The summed E-state index contributed by atoms with van der Waals surface area (Å²) < 4.78 is 20.4. The number of aromatic nitrogens is 1. The second-order valence-electron chi connectivity index (χ2n) is 6.57.